The van der Waals surface area contributed by atoms with Crippen LogP contribution in [0.25, 0.3) is 10.9 Å². The van der Waals surface area contributed by atoms with E-state index in [2.05, 4.69) is 4.98 Å². The van der Waals surface area contributed by atoms with Gasteiger partial charge in [0.2, 0.25) is 0 Å². The molecule has 4 aromatic rings. The smallest absolute Gasteiger partial charge is 0.268 e. The zero-order valence-corrected chi connectivity index (χ0v) is 21.8. The molecule has 194 valence electrons. The molecule has 2 aromatic carbocycles. The third-order valence-electron chi connectivity index (χ3n) is 6.00. The lowest BCUT2D eigenvalue weighted by Crippen LogP contribution is -2.12. The van der Waals surface area contributed by atoms with Gasteiger partial charge in [0.05, 0.1) is 22.3 Å². The normalized spacial score (nSPS) is 11.6. The minimum absolute atomic E-state index is 0.0868. The van der Waals surface area contributed by atoms with E-state index in [0.29, 0.717) is 42.0 Å². The minimum Gasteiger partial charge on any atom is -0.490 e. The Morgan fingerprint density at radius 3 is 2.38 bits per heavy atom. The first-order valence-corrected chi connectivity index (χ1v) is 13.4. The Morgan fingerprint density at radius 2 is 1.70 bits per heavy atom. The van der Waals surface area contributed by atoms with Crippen LogP contribution < -0.4 is 9.47 Å². The summed E-state index contributed by atoms with van der Waals surface area (Å²) in [5.41, 5.74) is 2.61. The second kappa shape index (κ2) is 11.1. The molecule has 4 rings (SSSR count). The SMILES string of the molecule is CC(=O)CCCc1cn(S(=O)(=O)c2ccc(C)cc2)c2ccc(OCCOc3cnc(C)c(F)c3)cc12. The summed E-state index contributed by atoms with van der Waals surface area (Å²) in [4.78, 5) is 15.6. The largest absolute Gasteiger partial charge is 0.490 e. The molecule has 0 spiro atoms. The maximum Gasteiger partial charge on any atom is 0.268 e. The second-order valence-electron chi connectivity index (χ2n) is 8.94. The molecule has 7 nitrogen and oxygen atoms in total. The van der Waals surface area contributed by atoms with E-state index in [1.165, 1.54) is 16.2 Å². The van der Waals surface area contributed by atoms with Crippen molar-refractivity contribution in [3.05, 3.63) is 83.6 Å². The Kier molecular flexibility index (Phi) is 7.92. The van der Waals surface area contributed by atoms with Crippen molar-refractivity contribution in [1.29, 1.82) is 0 Å². The van der Waals surface area contributed by atoms with Gasteiger partial charge in [-0.05, 0) is 69.5 Å². The van der Waals surface area contributed by atoms with Gasteiger partial charge < -0.3 is 14.3 Å². The second-order valence-corrected chi connectivity index (χ2v) is 10.8. The predicted octanol–water partition coefficient (Wildman–Crippen LogP) is 5.40. The molecule has 0 aliphatic carbocycles. The van der Waals surface area contributed by atoms with Gasteiger partial charge >= 0.3 is 0 Å². The lowest BCUT2D eigenvalue weighted by atomic mass is 10.1. The molecule has 0 radical (unpaired) electrons. The van der Waals surface area contributed by atoms with Crippen LogP contribution in [0.5, 0.6) is 11.5 Å². The van der Waals surface area contributed by atoms with E-state index < -0.39 is 15.8 Å². The van der Waals surface area contributed by atoms with Gasteiger partial charge in [-0.15, -0.1) is 0 Å². The van der Waals surface area contributed by atoms with Crippen molar-refractivity contribution in [1.82, 2.24) is 8.96 Å². The number of ketones is 1. The summed E-state index contributed by atoms with van der Waals surface area (Å²) in [6, 6.07) is 13.2. The topological polar surface area (TPSA) is 87.5 Å². The molecule has 0 bridgehead atoms. The maximum atomic E-state index is 13.6. The molecule has 0 N–H and O–H groups in total. The third-order valence-corrected chi connectivity index (χ3v) is 7.69. The van der Waals surface area contributed by atoms with Gasteiger partial charge in [0.25, 0.3) is 10.0 Å². The fourth-order valence-electron chi connectivity index (χ4n) is 3.97. The van der Waals surface area contributed by atoms with Gasteiger partial charge in [0, 0.05) is 24.1 Å². The zero-order valence-electron chi connectivity index (χ0n) is 21.0. The highest BCUT2D eigenvalue weighted by molar-refractivity contribution is 7.90. The summed E-state index contributed by atoms with van der Waals surface area (Å²) in [6.07, 6.45) is 4.66. The summed E-state index contributed by atoms with van der Waals surface area (Å²) < 4.78 is 53.2. The number of ether oxygens (including phenoxy) is 2. The minimum atomic E-state index is -3.82. The predicted molar refractivity (Wildman–Crippen MR) is 139 cm³/mol. The molecule has 0 amide bonds. The number of benzene rings is 2. The van der Waals surface area contributed by atoms with Crippen molar-refractivity contribution >= 4 is 26.7 Å². The van der Waals surface area contributed by atoms with Gasteiger partial charge in [-0.2, -0.15) is 0 Å². The molecule has 0 saturated carbocycles. The Bertz CT molecular complexity index is 1530. The average molecular weight is 525 g/mol. The van der Waals surface area contributed by atoms with Gasteiger partial charge in [-0.25, -0.2) is 16.8 Å². The van der Waals surface area contributed by atoms with Crippen LogP contribution in [0, 0.1) is 19.7 Å². The van der Waals surface area contributed by atoms with Gasteiger partial charge in [0.1, 0.15) is 36.3 Å². The van der Waals surface area contributed by atoms with Gasteiger partial charge in [0.15, 0.2) is 0 Å². The number of Topliss-reactive ketones (excluding diaryl/α,β-unsaturated/α-hetero) is 1. The highest BCUT2D eigenvalue weighted by Crippen LogP contribution is 2.30. The fourth-order valence-corrected chi connectivity index (χ4v) is 5.36. The average Bonchev–Trinajstić information content (AvgIpc) is 3.23. The molecule has 0 saturated heterocycles. The maximum absolute atomic E-state index is 13.6. The highest BCUT2D eigenvalue weighted by atomic mass is 32.2. The van der Waals surface area contributed by atoms with Crippen molar-refractivity contribution < 1.29 is 27.1 Å². The van der Waals surface area contributed by atoms with E-state index in [4.69, 9.17) is 9.47 Å². The Balaban J connectivity index is 1.57. The van der Waals surface area contributed by atoms with Crippen molar-refractivity contribution in [2.45, 2.75) is 44.9 Å². The van der Waals surface area contributed by atoms with Gasteiger partial charge in [-0.3, -0.25) is 4.98 Å². The van der Waals surface area contributed by atoms with Crippen LogP contribution in [0.3, 0.4) is 0 Å². The number of rotatable bonds is 11. The zero-order chi connectivity index (χ0) is 26.6. The number of hydrogen-bond donors (Lipinski definition) is 0. The van der Waals surface area contributed by atoms with E-state index in [9.17, 15) is 17.6 Å². The molecular weight excluding hydrogens is 495 g/mol. The van der Waals surface area contributed by atoms with E-state index >= 15 is 0 Å². The van der Waals surface area contributed by atoms with Gasteiger partial charge in [-0.1, -0.05) is 17.7 Å². The molecule has 0 atom stereocenters. The molecule has 2 heterocycles. The lowest BCUT2D eigenvalue weighted by molar-refractivity contribution is -0.117. The van der Waals surface area contributed by atoms with Crippen LogP contribution in [0.1, 0.15) is 36.6 Å². The number of hydrogen-bond acceptors (Lipinski definition) is 6. The molecule has 37 heavy (non-hydrogen) atoms. The van der Waals surface area contributed by atoms with Crippen molar-refractivity contribution in [2.75, 3.05) is 13.2 Å². The summed E-state index contributed by atoms with van der Waals surface area (Å²) in [6.45, 7) is 5.39. The molecule has 0 aliphatic heterocycles. The number of aromatic nitrogens is 2. The molecular formula is C28H29FN2O5S. The molecule has 0 unspecified atom stereocenters. The Hall–Kier alpha value is -3.72. The number of aryl methyl sites for hydroxylation is 3. The summed E-state index contributed by atoms with van der Waals surface area (Å²) in [7, 11) is -3.82. The fraction of sp³-hybridized carbons (Fsp3) is 0.286. The number of fused-ring (bicyclic) bond motifs is 1. The summed E-state index contributed by atoms with van der Waals surface area (Å²) in [5, 5.41) is 0.738. The molecule has 0 fully saturated rings. The molecule has 2 aromatic heterocycles. The van der Waals surface area contributed by atoms with Crippen LogP contribution in [-0.4, -0.2) is 36.4 Å². The monoisotopic (exact) mass is 524 g/mol. The van der Waals surface area contributed by atoms with Crippen LogP contribution in [0.2, 0.25) is 0 Å². The first-order chi connectivity index (χ1) is 17.6. The van der Waals surface area contributed by atoms with Crippen molar-refractivity contribution in [3.63, 3.8) is 0 Å². The van der Waals surface area contributed by atoms with Crippen LogP contribution in [-0.2, 0) is 21.2 Å². The van der Waals surface area contributed by atoms with E-state index in [-0.39, 0.29) is 23.9 Å². The first-order valence-electron chi connectivity index (χ1n) is 12.0. The lowest BCUT2D eigenvalue weighted by Gasteiger charge is -2.10. The molecule has 0 aliphatic rings. The van der Waals surface area contributed by atoms with Crippen LogP contribution in [0.4, 0.5) is 4.39 Å². The van der Waals surface area contributed by atoms with E-state index in [1.54, 1.807) is 62.5 Å². The first kappa shape index (κ1) is 26.3. The number of halogens is 1. The molecule has 9 heteroatoms. The quantitative estimate of drug-likeness (QED) is 0.244. The highest BCUT2D eigenvalue weighted by Gasteiger charge is 2.21. The van der Waals surface area contributed by atoms with Crippen LogP contribution >= 0.6 is 0 Å². The Morgan fingerprint density at radius 1 is 1.00 bits per heavy atom. The van der Waals surface area contributed by atoms with Crippen LogP contribution in [0.15, 0.2) is 65.8 Å². The van der Waals surface area contributed by atoms with E-state index in [1.807, 2.05) is 6.92 Å². The number of carbonyl (C=O) groups is 1. The van der Waals surface area contributed by atoms with Crippen molar-refractivity contribution in [3.8, 4) is 11.5 Å². The third kappa shape index (κ3) is 6.17. The summed E-state index contributed by atoms with van der Waals surface area (Å²) >= 11 is 0. The van der Waals surface area contributed by atoms with Crippen molar-refractivity contribution in [2.24, 2.45) is 0 Å². The Labute approximate surface area is 215 Å². The summed E-state index contributed by atoms with van der Waals surface area (Å²) in [5.74, 6) is 0.505. The number of pyridine rings is 1. The number of nitrogens with zero attached hydrogens (tertiary/aromatic N) is 2. The van der Waals surface area contributed by atoms with E-state index in [0.717, 1.165) is 16.5 Å². The standard InChI is InChI=1S/C28H29FN2O5S/c1-19-7-10-25(11-8-19)37(33,34)31-18-22(6-4-5-20(2)32)26-15-23(9-12-28(26)31)35-13-14-36-24-16-27(29)21(3)30-17-24/h7-12,15-18H,4-6,13-14H2,1-3H3. The number of carbonyl (C=O) groups excluding carboxylic acids is 1.